The van der Waals surface area contributed by atoms with E-state index in [1.54, 1.807) is 6.20 Å². The third-order valence-corrected chi connectivity index (χ3v) is 3.28. The summed E-state index contributed by atoms with van der Waals surface area (Å²) in [5, 5.41) is 2.85. The summed E-state index contributed by atoms with van der Waals surface area (Å²) < 4.78 is 7.38. The summed E-state index contributed by atoms with van der Waals surface area (Å²) in [6, 6.07) is 0.184. The van der Waals surface area contributed by atoms with Crippen LogP contribution in [0.5, 0.6) is 0 Å². The molecule has 1 rings (SSSR count). The zero-order valence-corrected chi connectivity index (χ0v) is 13.6. The number of hydrogen-bond acceptors (Lipinski definition) is 3. The van der Waals surface area contributed by atoms with Crippen molar-refractivity contribution in [2.24, 2.45) is 5.92 Å². The molecule has 0 saturated carbocycles. The molecule has 1 heterocycles. The van der Waals surface area contributed by atoms with Crippen LogP contribution in [0.3, 0.4) is 0 Å². The van der Waals surface area contributed by atoms with E-state index in [0.717, 1.165) is 5.69 Å². The molecule has 0 aliphatic carbocycles. The lowest BCUT2D eigenvalue weighted by Gasteiger charge is -2.25. The van der Waals surface area contributed by atoms with Crippen molar-refractivity contribution in [3.8, 4) is 0 Å². The first-order valence-corrected chi connectivity index (χ1v) is 7.13. The zero-order valence-electron chi connectivity index (χ0n) is 13.6. The number of carbonyl (C=O) groups excluding carboxylic acids is 1. The number of hydrogen-bond donors (Lipinski definition) is 1. The summed E-state index contributed by atoms with van der Waals surface area (Å²) in [4.78, 5) is 16.0. The molecule has 1 amide bonds. The van der Waals surface area contributed by atoms with Crippen LogP contribution in [-0.4, -0.2) is 21.2 Å². The summed E-state index contributed by atoms with van der Waals surface area (Å²) in [5.74, 6) is 0.497. The van der Waals surface area contributed by atoms with Gasteiger partial charge in [-0.1, -0.05) is 13.8 Å². The number of imidazole rings is 1. The molecule has 1 aromatic rings. The lowest BCUT2D eigenvalue weighted by molar-refractivity contribution is 0.0505. The van der Waals surface area contributed by atoms with Crippen molar-refractivity contribution in [2.45, 2.75) is 66.2 Å². The van der Waals surface area contributed by atoms with E-state index in [2.05, 4.69) is 35.6 Å². The standard InChI is InChI=1S/C15H27N3O2/c1-10(2)12(4)18-9-16-8-13(18)11(3)17-14(19)20-15(5,6)7/h8-12H,1-7H3,(H,17,19)/t11-,12?/m1/s1. The van der Waals surface area contributed by atoms with Crippen molar-refractivity contribution < 1.29 is 9.53 Å². The Bertz CT molecular complexity index is 446. The van der Waals surface area contributed by atoms with Crippen molar-refractivity contribution in [1.82, 2.24) is 14.9 Å². The normalized spacial score (nSPS) is 15.0. The van der Waals surface area contributed by atoms with Gasteiger partial charge in [0.1, 0.15) is 5.60 Å². The van der Waals surface area contributed by atoms with Crippen LogP contribution in [0.2, 0.25) is 0 Å². The minimum Gasteiger partial charge on any atom is -0.444 e. The Labute approximate surface area is 121 Å². The third-order valence-electron chi connectivity index (χ3n) is 3.28. The van der Waals surface area contributed by atoms with Crippen molar-refractivity contribution >= 4 is 6.09 Å². The fraction of sp³-hybridized carbons (Fsp3) is 0.733. The Hall–Kier alpha value is -1.52. The first kappa shape index (κ1) is 16.5. The van der Waals surface area contributed by atoms with E-state index in [1.165, 1.54) is 0 Å². The first-order valence-electron chi connectivity index (χ1n) is 7.13. The van der Waals surface area contributed by atoms with E-state index in [1.807, 2.05) is 34.0 Å². The highest BCUT2D eigenvalue weighted by atomic mass is 16.6. The van der Waals surface area contributed by atoms with Gasteiger partial charge >= 0.3 is 6.09 Å². The summed E-state index contributed by atoms with van der Waals surface area (Å²) in [7, 11) is 0. The van der Waals surface area contributed by atoms with Crippen LogP contribution in [-0.2, 0) is 4.74 Å². The topological polar surface area (TPSA) is 56.2 Å². The first-order chi connectivity index (χ1) is 9.11. The van der Waals surface area contributed by atoms with Gasteiger partial charge in [-0.05, 0) is 40.5 Å². The van der Waals surface area contributed by atoms with Crippen LogP contribution in [0.25, 0.3) is 0 Å². The molecule has 0 aromatic carbocycles. The number of alkyl carbamates (subject to hydrolysis) is 1. The molecular weight excluding hydrogens is 254 g/mol. The van der Waals surface area contributed by atoms with E-state index < -0.39 is 11.7 Å². The Morgan fingerprint density at radius 2 is 1.90 bits per heavy atom. The highest BCUT2D eigenvalue weighted by Crippen LogP contribution is 2.22. The molecular formula is C15H27N3O2. The molecule has 2 atom stereocenters. The van der Waals surface area contributed by atoms with Crippen LogP contribution in [0.4, 0.5) is 4.79 Å². The summed E-state index contributed by atoms with van der Waals surface area (Å²) in [5.41, 5.74) is 0.493. The molecule has 0 fully saturated rings. The van der Waals surface area contributed by atoms with Gasteiger partial charge in [-0.3, -0.25) is 0 Å². The largest absolute Gasteiger partial charge is 0.444 e. The van der Waals surface area contributed by atoms with Crippen LogP contribution < -0.4 is 5.32 Å². The van der Waals surface area contributed by atoms with E-state index in [9.17, 15) is 4.79 Å². The molecule has 0 aliphatic heterocycles. The average Bonchev–Trinajstić information content (AvgIpc) is 2.73. The number of aromatic nitrogens is 2. The van der Waals surface area contributed by atoms with Gasteiger partial charge < -0.3 is 14.6 Å². The van der Waals surface area contributed by atoms with Gasteiger partial charge in [0, 0.05) is 6.04 Å². The zero-order chi connectivity index (χ0) is 15.5. The smallest absolute Gasteiger partial charge is 0.408 e. The van der Waals surface area contributed by atoms with E-state index in [-0.39, 0.29) is 6.04 Å². The number of carbonyl (C=O) groups is 1. The summed E-state index contributed by atoms with van der Waals surface area (Å²) >= 11 is 0. The van der Waals surface area contributed by atoms with Crippen molar-refractivity contribution in [3.63, 3.8) is 0 Å². The molecule has 0 saturated heterocycles. The van der Waals surface area contributed by atoms with Crippen LogP contribution in [0, 0.1) is 5.92 Å². The van der Waals surface area contributed by atoms with Crippen LogP contribution >= 0.6 is 0 Å². The number of nitrogens with zero attached hydrogens (tertiary/aromatic N) is 2. The Balaban J connectivity index is 2.76. The lowest BCUT2D eigenvalue weighted by Crippen LogP contribution is -2.35. The van der Waals surface area contributed by atoms with Gasteiger partial charge in [0.2, 0.25) is 0 Å². The van der Waals surface area contributed by atoms with Gasteiger partial charge in [-0.15, -0.1) is 0 Å². The minimum absolute atomic E-state index is 0.145. The highest BCUT2D eigenvalue weighted by Gasteiger charge is 2.21. The van der Waals surface area contributed by atoms with Crippen molar-refractivity contribution in [2.75, 3.05) is 0 Å². The second-order valence-corrected chi connectivity index (χ2v) is 6.58. The minimum atomic E-state index is -0.491. The van der Waals surface area contributed by atoms with Gasteiger partial charge in [-0.2, -0.15) is 0 Å². The van der Waals surface area contributed by atoms with Gasteiger partial charge in [-0.25, -0.2) is 9.78 Å². The monoisotopic (exact) mass is 281 g/mol. The van der Waals surface area contributed by atoms with Crippen molar-refractivity contribution in [3.05, 3.63) is 18.2 Å². The average molecular weight is 281 g/mol. The van der Waals surface area contributed by atoms with E-state index >= 15 is 0 Å². The predicted octanol–water partition coefficient (Wildman–Crippen LogP) is 3.69. The molecule has 0 aliphatic rings. The predicted molar refractivity (Wildman–Crippen MR) is 79.6 cm³/mol. The third kappa shape index (κ3) is 4.54. The molecule has 114 valence electrons. The Morgan fingerprint density at radius 3 is 2.40 bits per heavy atom. The van der Waals surface area contributed by atoms with Crippen LogP contribution in [0.15, 0.2) is 12.5 Å². The molecule has 1 unspecified atom stereocenters. The second-order valence-electron chi connectivity index (χ2n) is 6.58. The Kier molecular flexibility index (Phi) is 5.20. The van der Waals surface area contributed by atoms with Crippen molar-refractivity contribution in [1.29, 1.82) is 0 Å². The molecule has 0 spiro atoms. The second kappa shape index (κ2) is 6.29. The summed E-state index contributed by atoms with van der Waals surface area (Å²) in [6.07, 6.45) is 3.20. The lowest BCUT2D eigenvalue weighted by atomic mass is 10.1. The maximum absolute atomic E-state index is 11.8. The van der Waals surface area contributed by atoms with E-state index in [0.29, 0.717) is 12.0 Å². The van der Waals surface area contributed by atoms with Crippen LogP contribution in [0.1, 0.15) is 66.2 Å². The quantitative estimate of drug-likeness (QED) is 0.915. The molecule has 20 heavy (non-hydrogen) atoms. The number of nitrogens with one attached hydrogen (secondary N) is 1. The molecule has 0 radical (unpaired) electrons. The SMILES string of the molecule is CC(C)C(C)n1cncc1[C@@H](C)NC(=O)OC(C)(C)C. The number of rotatable bonds is 4. The highest BCUT2D eigenvalue weighted by molar-refractivity contribution is 5.68. The fourth-order valence-electron chi connectivity index (χ4n) is 1.87. The molecule has 5 nitrogen and oxygen atoms in total. The van der Waals surface area contributed by atoms with E-state index in [4.69, 9.17) is 4.74 Å². The van der Waals surface area contributed by atoms with Gasteiger partial charge in [0.15, 0.2) is 0 Å². The van der Waals surface area contributed by atoms with Gasteiger partial charge in [0.05, 0.1) is 24.3 Å². The Morgan fingerprint density at radius 1 is 1.30 bits per heavy atom. The van der Waals surface area contributed by atoms with Gasteiger partial charge in [0.25, 0.3) is 0 Å². The molecule has 1 N–H and O–H groups in total. The molecule has 1 aromatic heterocycles. The number of ether oxygens (including phenoxy) is 1. The molecule has 0 bridgehead atoms. The fourth-order valence-corrected chi connectivity index (χ4v) is 1.87. The summed E-state index contributed by atoms with van der Waals surface area (Å²) in [6.45, 7) is 14.0. The maximum atomic E-state index is 11.8. The maximum Gasteiger partial charge on any atom is 0.408 e. The number of amides is 1. The molecule has 5 heteroatoms.